The van der Waals surface area contributed by atoms with Crippen molar-refractivity contribution in [3.8, 4) is 0 Å². The highest BCUT2D eigenvalue weighted by Gasteiger charge is 2.48. The van der Waals surface area contributed by atoms with Crippen LogP contribution in [-0.4, -0.2) is 80.9 Å². The molecule has 2 aromatic rings. The Kier molecular flexibility index (Phi) is 10.3. The highest BCUT2D eigenvalue weighted by atomic mass is 79.9. The zero-order valence-corrected chi connectivity index (χ0v) is 29.1. The second-order valence-electron chi connectivity index (χ2n) is 13.3. The van der Waals surface area contributed by atoms with Crippen LogP contribution in [0.25, 0.3) is 0 Å². The number of rotatable bonds is 9. The molecule has 3 amide bonds. The van der Waals surface area contributed by atoms with E-state index in [2.05, 4.69) is 26.6 Å². The van der Waals surface area contributed by atoms with E-state index >= 15 is 0 Å². The summed E-state index contributed by atoms with van der Waals surface area (Å²) in [4.78, 5) is 41.5. The van der Waals surface area contributed by atoms with E-state index in [1.165, 1.54) is 24.4 Å². The average molecular weight is 708 g/mol. The summed E-state index contributed by atoms with van der Waals surface area (Å²) in [5, 5.41) is 5.39. The number of alkyl carbamates (subject to hydrolysis) is 1. The Morgan fingerprint density at radius 3 is 2.27 bits per heavy atom. The van der Waals surface area contributed by atoms with Crippen LogP contribution >= 0.6 is 15.9 Å². The first-order valence-electron chi connectivity index (χ1n) is 14.9. The van der Waals surface area contributed by atoms with Crippen LogP contribution in [0.3, 0.4) is 0 Å². The summed E-state index contributed by atoms with van der Waals surface area (Å²) < 4.78 is 38.8. The lowest BCUT2D eigenvalue weighted by atomic mass is 9.74. The summed E-state index contributed by atoms with van der Waals surface area (Å²) in [5.74, 6) is -0.881. The minimum atomic E-state index is -3.49. The molecular weight excluding hydrogens is 664 g/mol. The second-order valence-corrected chi connectivity index (χ2v) is 16.1. The number of benzene rings is 2. The van der Waals surface area contributed by atoms with E-state index in [0.717, 1.165) is 15.6 Å². The van der Waals surface area contributed by atoms with Gasteiger partial charge in [0.05, 0.1) is 25.2 Å². The zero-order chi connectivity index (χ0) is 33.2. The van der Waals surface area contributed by atoms with Crippen molar-refractivity contribution in [1.82, 2.24) is 15.5 Å². The Morgan fingerprint density at radius 2 is 1.67 bits per heavy atom. The zero-order valence-electron chi connectivity index (χ0n) is 26.7. The molecule has 0 aliphatic carbocycles. The molecule has 0 bridgehead atoms. The minimum Gasteiger partial charge on any atom is -0.444 e. The van der Waals surface area contributed by atoms with E-state index < -0.39 is 44.6 Å². The SMILES string of the molecule is CC(C)(C)OC(=O)NC(C)(C)C(=O)NC(COCc1ccccc1)C(=O)N1CCC2(CC1)CN(S(C)(=O)=O)c1ccc(Br)cc12. The molecule has 1 saturated heterocycles. The Morgan fingerprint density at radius 1 is 1.02 bits per heavy atom. The van der Waals surface area contributed by atoms with Crippen molar-refractivity contribution < 1.29 is 32.3 Å². The normalized spacial score (nSPS) is 17.0. The van der Waals surface area contributed by atoms with Gasteiger partial charge in [-0.15, -0.1) is 0 Å². The first kappa shape index (κ1) is 34.7. The molecular formula is C32H43BrN4O7S. The van der Waals surface area contributed by atoms with Crippen LogP contribution in [0.1, 0.15) is 58.6 Å². The molecule has 1 atom stereocenters. The molecule has 13 heteroatoms. The van der Waals surface area contributed by atoms with E-state index in [4.69, 9.17) is 9.47 Å². The van der Waals surface area contributed by atoms with Crippen LogP contribution in [0, 0.1) is 0 Å². The first-order chi connectivity index (χ1) is 20.9. The molecule has 11 nitrogen and oxygen atoms in total. The van der Waals surface area contributed by atoms with Gasteiger partial charge in [0.25, 0.3) is 0 Å². The maximum Gasteiger partial charge on any atom is 0.408 e. The van der Waals surface area contributed by atoms with Gasteiger partial charge in [-0.2, -0.15) is 0 Å². The maximum atomic E-state index is 13.9. The summed E-state index contributed by atoms with van der Waals surface area (Å²) in [7, 11) is -3.49. The predicted molar refractivity (Wildman–Crippen MR) is 175 cm³/mol. The standard InChI is InChI=1S/C32H43BrN4O7S/c1-30(2,3)44-29(40)35-31(4,5)28(39)34-25(20-43-19-22-10-8-7-9-11-22)27(38)36-16-14-32(15-17-36)21-37(45(6,41)42)26-13-12-23(33)18-24(26)32/h7-13,18,25H,14-17,19-21H2,1-6H3,(H,34,39)(H,35,40). The van der Waals surface area contributed by atoms with Crippen LogP contribution in [0.2, 0.25) is 0 Å². The molecule has 2 aliphatic heterocycles. The molecule has 45 heavy (non-hydrogen) atoms. The van der Waals surface area contributed by atoms with Crippen LogP contribution < -0.4 is 14.9 Å². The number of ether oxygens (including phenoxy) is 2. The molecule has 0 aromatic heterocycles. The number of sulfonamides is 1. The number of fused-ring (bicyclic) bond motifs is 2. The molecule has 2 heterocycles. The topological polar surface area (TPSA) is 134 Å². The number of hydrogen-bond acceptors (Lipinski definition) is 7. The number of amides is 3. The molecule has 1 fully saturated rings. The van der Waals surface area contributed by atoms with Gasteiger partial charge >= 0.3 is 6.09 Å². The Labute approximate surface area is 274 Å². The van der Waals surface area contributed by atoms with Gasteiger partial charge in [0.15, 0.2) is 0 Å². The second kappa shape index (κ2) is 13.3. The van der Waals surface area contributed by atoms with E-state index in [0.29, 0.717) is 38.2 Å². The molecule has 1 unspecified atom stereocenters. The molecule has 2 aliphatic rings. The number of nitrogens with zero attached hydrogens (tertiary/aromatic N) is 2. The van der Waals surface area contributed by atoms with Crippen molar-refractivity contribution in [2.24, 2.45) is 0 Å². The van der Waals surface area contributed by atoms with E-state index in [1.807, 2.05) is 48.5 Å². The largest absolute Gasteiger partial charge is 0.444 e. The lowest BCUT2D eigenvalue weighted by Gasteiger charge is -2.41. The quantitative estimate of drug-likeness (QED) is 0.401. The Hall–Kier alpha value is -3.16. The van der Waals surface area contributed by atoms with Gasteiger partial charge < -0.3 is 25.0 Å². The molecule has 1 spiro atoms. The fourth-order valence-electron chi connectivity index (χ4n) is 5.69. The van der Waals surface area contributed by atoms with Crippen LogP contribution in [0.5, 0.6) is 0 Å². The van der Waals surface area contributed by atoms with Gasteiger partial charge in [-0.1, -0.05) is 46.3 Å². The first-order valence-corrected chi connectivity index (χ1v) is 17.5. The van der Waals surface area contributed by atoms with Crippen molar-refractivity contribution in [2.45, 2.75) is 76.7 Å². The lowest BCUT2D eigenvalue weighted by Crippen LogP contribution is -2.61. The average Bonchev–Trinajstić information content (AvgIpc) is 3.25. The minimum absolute atomic E-state index is 0.0821. The van der Waals surface area contributed by atoms with Gasteiger partial charge in [-0.3, -0.25) is 13.9 Å². The molecule has 2 N–H and O–H groups in total. The third-order valence-corrected chi connectivity index (χ3v) is 9.68. The van der Waals surface area contributed by atoms with Crippen LogP contribution in [-0.2, 0) is 41.1 Å². The molecule has 0 radical (unpaired) electrons. The number of carbonyl (C=O) groups is 3. The van der Waals surface area contributed by atoms with Crippen molar-refractivity contribution >= 4 is 49.5 Å². The third-order valence-electron chi connectivity index (χ3n) is 8.06. The fourth-order valence-corrected chi connectivity index (χ4v) is 7.05. The number of halogens is 1. The monoisotopic (exact) mass is 706 g/mol. The van der Waals surface area contributed by atoms with Gasteiger partial charge in [0.2, 0.25) is 21.8 Å². The molecule has 2 aromatic carbocycles. The molecule has 246 valence electrons. The highest BCUT2D eigenvalue weighted by molar-refractivity contribution is 9.10. The number of likely N-dealkylation sites (tertiary alicyclic amines) is 1. The number of anilines is 1. The van der Waals surface area contributed by atoms with Crippen molar-refractivity contribution in [3.63, 3.8) is 0 Å². The number of hydrogen-bond donors (Lipinski definition) is 2. The van der Waals surface area contributed by atoms with Gasteiger partial charge in [-0.05, 0) is 76.8 Å². The van der Waals surface area contributed by atoms with Crippen molar-refractivity contribution in [1.29, 1.82) is 0 Å². The van der Waals surface area contributed by atoms with Crippen LogP contribution in [0.15, 0.2) is 53.0 Å². The summed E-state index contributed by atoms with van der Waals surface area (Å²) in [5.41, 5.74) is -0.0490. The van der Waals surface area contributed by atoms with E-state index in [1.54, 1.807) is 25.7 Å². The molecule has 4 rings (SSSR count). The maximum absolute atomic E-state index is 13.9. The summed E-state index contributed by atoms with van der Waals surface area (Å²) in [6, 6.07) is 14.1. The van der Waals surface area contributed by atoms with E-state index in [9.17, 15) is 22.8 Å². The summed E-state index contributed by atoms with van der Waals surface area (Å²) >= 11 is 3.53. The van der Waals surface area contributed by atoms with Gasteiger partial charge in [0, 0.05) is 29.5 Å². The van der Waals surface area contributed by atoms with Crippen molar-refractivity contribution in [3.05, 3.63) is 64.1 Å². The van der Waals surface area contributed by atoms with Crippen molar-refractivity contribution in [2.75, 3.05) is 36.8 Å². The fraction of sp³-hybridized carbons (Fsp3) is 0.531. The smallest absolute Gasteiger partial charge is 0.408 e. The predicted octanol–water partition coefficient (Wildman–Crippen LogP) is 4.09. The highest BCUT2D eigenvalue weighted by Crippen LogP contribution is 2.48. The third kappa shape index (κ3) is 8.56. The number of nitrogens with one attached hydrogen (secondary N) is 2. The number of piperidine rings is 1. The Bertz CT molecular complexity index is 1520. The van der Waals surface area contributed by atoms with Gasteiger partial charge in [0.1, 0.15) is 17.2 Å². The van der Waals surface area contributed by atoms with E-state index in [-0.39, 0.29) is 19.1 Å². The van der Waals surface area contributed by atoms with Crippen LogP contribution in [0.4, 0.5) is 10.5 Å². The number of carbonyl (C=O) groups excluding carboxylic acids is 3. The summed E-state index contributed by atoms with van der Waals surface area (Å²) in [6.07, 6.45) is 1.55. The Balaban J connectivity index is 1.49. The molecule has 0 saturated carbocycles. The summed E-state index contributed by atoms with van der Waals surface area (Å²) in [6.45, 7) is 9.45. The lowest BCUT2D eigenvalue weighted by molar-refractivity contribution is -0.141. The van der Waals surface area contributed by atoms with Gasteiger partial charge in [-0.25, -0.2) is 13.2 Å².